The summed E-state index contributed by atoms with van der Waals surface area (Å²) in [5, 5.41) is 16.8. The van der Waals surface area contributed by atoms with Crippen LogP contribution in [0.15, 0.2) is 59.6 Å². The maximum absolute atomic E-state index is 13.2. The lowest BCUT2D eigenvalue weighted by molar-refractivity contribution is 0.0950. The zero-order chi connectivity index (χ0) is 21.9. The van der Waals surface area contributed by atoms with Crippen LogP contribution in [0.2, 0.25) is 0 Å². The fourth-order valence-corrected chi connectivity index (χ4v) is 4.83. The van der Waals surface area contributed by atoms with Gasteiger partial charge in [-0.1, -0.05) is 6.07 Å². The molecular formula is C24H25N5O2S. The van der Waals surface area contributed by atoms with Crippen molar-refractivity contribution in [1.29, 1.82) is 0 Å². The number of piperidine rings is 1. The molecule has 1 atom stereocenters. The molecule has 4 aromatic heterocycles. The maximum Gasteiger partial charge on any atom is 0.255 e. The molecule has 1 fully saturated rings. The Balaban J connectivity index is 1.41. The van der Waals surface area contributed by atoms with E-state index in [4.69, 9.17) is 4.98 Å². The number of imidazole rings is 1. The minimum atomic E-state index is -0.174. The van der Waals surface area contributed by atoms with Gasteiger partial charge in [0.1, 0.15) is 11.5 Å². The summed E-state index contributed by atoms with van der Waals surface area (Å²) < 4.78 is 1.94. The smallest absolute Gasteiger partial charge is 0.255 e. The lowest BCUT2D eigenvalue weighted by Gasteiger charge is -2.33. The summed E-state index contributed by atoms with van der Waals surface area (Å²) >= 11 is 1.62. The highest BCUT2D eigenvalue weighted by Gasteiger charge is 2.25. The fourth-order valence-electron chi connectivity index (χ4n) is 4.18. The van der Waals surface area contributed by atoms with E-state index in [1.807, 2.05) is 58.6 Å². The van der Waals surface area contributed by atoms with E-state index >= 15 is 0 Å². The van der Waals surface area contributed by atoms with Gasteiger partial charge < -0.3 is 19.7 Å². The van der Waals surface area contributed by atoms with Crippen LogP contribution in [0.1, 0.15) is 28.9 Å². The number of anilines is 1. The van der Waals surface area contributed by atoms with Crippen LogP contribution in [0.3, 0.4) is 0 Å². The number of hydrogen-bond donors (Lipinski definition) is 2. The number of pyridine rings is 2. The Morgan fingerprint density at radius 1 is 1.22 bits per heavy atom. The molecule has 0 saturated carbocycles. The summed E-state index contributed by atoms with van der Waals surface area (Å²) in [5.41, 5.74) is 4.09. The monoisotopic (exact) mass is 447 g/mol. The molecule has 0 aliphatic carbocycles. The second-order valence-corrected chi connectivity index (χ2v) is 8.88. The van der Waals surface area contributed by atoms with E-state index in [0.717, 1.165) is 42.0 Å². The minimum absolute atomic E-state index is 0.149. The number of amides is 1. The van der Waals surface area contributed by atoms with Crippen molar-refractivity contribution in [3.8, 4) is 11.3 Å². The average Bonchev–Trinajstić information content (AvgIpc) is 3.52. The third kappa shape index (κ3) is 4.24. The zero-order valence-corrected chi connectivity index (χ0v) is 18.5. The Kier molecular flexibility index (Phi) is 5.87. The van der Waals surface area contributed by atoms with Crippen molar-refractivity contribution >= 4 is 28.7 Å². The first-order valence-electron chi connectivity index (χ1n) is 10.8. The van der Waals surface area contributed by atoms with Crippen LogP contribution in [-0.2, 0) is 6.54 Å². The highest BCUT2D eigenvalue weighted by molar-refractivity contribution is 7.08. The second kappa shape index (κ2) is 9.10. The van der Waals surface area contributed by atoms with Gasteiger partial charge in [-0.05, 0) is 54.5 Å². The predicted molar refractivity (Wildman–Crippen MR) is 126 cm³/mol. The van der Waals surface area contributed by atoms with Crippen LogP contribution in [0.5, 0.6) is 0 Å². The van der Waals surface area contributed by atoms with Gasteiger partial charge in [-0.25, -0.2) is 9.97 Å². The molecule has 5 rings (SSSR count). The number of aromatic nitrogens is 3. The van der Waals surface area contributed by atoms with Gasteiger partial charge in [0.05, 0.1) is 23.5 Å². The molecule has 4 aromatic rings. The van der Waals surface area contributed by atoms with Crippen molar-refractivity contribution in [3.63, 3.8) is 0 Å². The number of carbonyl (C=O) groups is 1. The minimum Gasteiger partial charge on any atom is -0.396 e. The first kappa shape index (κ1) is 20.7. The number of nitrogens with zero attached hydrogens (tertiary/aromatic N) is 4. The molecule has 32 heavy (non-hydrogen) atoms. The summed E-state index contributed by atoms with van der Waals surface area (Å²) in [4.78, 5) is 24.8. The van der Waals surface area contributed by atoms with E-state index in [1.165, 1.54) is 0 Å². The Morgan fingerprint density at radius 3 is 2.97 bits per heavy atom. The van der Waals surface area contributed by atoms with Crippen LogP contribution in [0.4, 0.5) is 5.82 Å². The summed E-state index contributed by atoms with van der Waals surface area (Å²) in [5.74, 6) is 0.705. The molecule has 1 aliphatic rings. The zero-order valence-electron chi connectivity index (χ0n) is 17.6. The third-order valence-electron chi connectivity index (χ3n) is 5.86. The molecule has 1 saturated heterocycles. The van der Waals surface area contributed by atoms with Crippen LogP contribution >= 0.6 is 11.3 Å². The van der Waals surface area contributed by atoms with Crippen molar-refractivity contribution in [2.75, 3.05) is 24.6 Å². The molecule has 0 bridgehead atoms. The lowest BCUT2D eigenvalue weighted by Crippen LogP contribution is -2.39. The number of hydrogen-bond acceptors (Lipinski definition) is 6. The van der Waals surface area contributed by atoms with Crippen molar-refractivity contribution in [2.45, 2.75) is 19.4 Å². The van der Waals surface area contributed by atoms with Crippen molar-refractivity contribution < 1.29 is 9.90 Å². The Hall–Kier alpha value is -3.23. The number of rotatable bonds is 6. The molecule has 7 nitrogen and oxygen atoms in total. The fraction of sp³-hybridized carbons (Fsp3) is 0.292. The quantitative estimate of drug-likeness (QED) is 0.472. The Morgan fingerprint density at radius 2 is 2.16 bits per heavy atom. The normalized spacial score (nSPS) is 16.4. The standard InChI is InChI=1S/C24H25N5O2S/c30-15-17-4-3-10-29(13-17)23-20(6-7-21(27-23)18-8-11-32-16-18)24(31)25-12-19-14-28-9-2-1-5-22(28)26-19/h1-2,5-9,11,14,16-17,30H,3-4,10,12-13,15H2,(H,25,31). The van der Waals surface area contributed by atoms with Crippen molar-refractivity contribution in [3.05, 3.63) is 70.8 Å². The summed E-state index contributed by atoms with van der Waals surface area (Å²) in [6, 6.07) is 11.6. The Bertz CT molecular complexity index is 1190. The van der Waals surface area contributed by atoms with Gasteiger partial charge in [0.2, 0.25) is 0 Å². The summed E-state index contributed by atoms with van der Waals surface area (Å²) in [6.45, 7) is 2.01. The molecule has 0 aromatic carbocycles. The van der Waals surface area contributed by atoms with Crippen LogP contribution < -0.4 is 10.2 Å². The van der Waals surface area contributed by atoms with E-state index in [-0.39, 0.29) is 18.4 Å². The molecule has 1 amide bonds. The van der Waals surface area contributed by atoms with Crippen LogP contribution in [-0.4, -0.2) is 45.1 Å². The van der Waals surface area contributed by atoms with Gasteiger partial charge in [0.25, 0.3) is 5.91 Å². The van der Waals surface area contributed by atoms with E-state index in [1.54, 1.807) is 11.3 Å². The molecule has 8 heteroatoms. The predicted octanol–water partition coefficient (Wildman–Crippen LogP) is 3.60. The molecule has 0 radical (unpaired) electrons. The number of nitrogens with one attached hydrogen (secondary N) is 1. The molecule has 1 unspecified atom stereocenters. The summed E-state index contributed by atoms with van der Waals surface area (Å²) in [7, 11) is 0. The molecule has 1 aliphatic heterocycles. The molecule has 164 valence electrons. The third-order valence-corrected chi connectivity index (χ3v) is 6.54. The topological polar surface area (TPSA) is 82.8 Å². The number of aliphatic hydroxyl groups is 1. The Labute approximate surface area is 190 Å². The number of carbonyl (C=O) groups excluding carboxylic acids is 1. The highest BCUT2D eigenvalue weighted by Crippen LogP contribution is 2.29. The lowest BCUT2D eigenvalue weighted by atomic mass is 9.98. The van der Waals surface area contributed by atoms with E-state index < -0.39 is 0 Å². The largest absolute Gasteiger partial charge is 0.396 e. The first-order valence-corrected chi connectivity index (χ1v) is 11.8. The highest BCUT2D eigenvalue weighted by atomic mass is 32.1. The number of aliphatic hydroxyl groups excluding tert-OH is 1. The molecular weight excluding hydrogens is 422 g/mol. The average molecular weight is 448 g/mol. The van der Waals surface area contributed by atoms with Crippen LogP contribution in [0, 0.1) is 5.92 Å². The van der Waals surface area contributed by atoms with Gasteiger partial charge in [-0.15, -0.1) is 0 Å². The molecule has 2 N–H and O–H groups in total. The first-order chi connectivity index (χ1) is 15.7. The SMILES string of the molecule is O=C(NCc1cn2ccccc2n1)c1ccc(-c2ccsc2)nc1N1CCCC(CO)C1. The van der Waals surface area contributed by atoms with Gasteiger partial charge in [0, 0.05) is 43.0 Å². The molecule has 0 spiro atoms. The number of thiophene rings is 1. The van der Waals surface area contributed by atoms with E-state index in [2.05, 4.69) is 20.6 Å². The van der Waals surface area contributed by atoms with Gasteiger partial charge >= 0.3 is 0 Å². The summed E-state index contributed by atoms with van der Waals surface area (Å²) in [6.07, 6.45) is 5.82. The second-order valence-electron chi connectivity index (χ2n) is 8.10. The van der Waals surface area contributed by atoms with Gasteiger partial charge in [0.15, 0.2) is 0 Å². The van der Waals surface area contributed by atoms with Crippen molar-refractivity contribution in [2.24, 2.45) is 5.92 Å². The van der Waals surface area contributed by atoms with E-state index in [9.17, 15) is 9.90 Å². The van der Waals surface area contributed by atoms with Crippen molar-refractivity contribution in [1.82, 2.24) is 19.7 Å². The van der Waals surface area contributed by atoms with E-state index in [0.29, 0.717) is 24.5 Å². The van der Waals surface area contributed by atoms with Gasteiger partial charge in [-0.2, -0.15) is 11.3 Å². The van der Waals surface area contributed by atoms with Gasteiger partial charge in [-0.3, -0.25) is 4.79 Å². The number of fused-ring (bicyclic) bond motifs is 1. The maximum atomic E-state index is 13.2. The molecule has 5 heterocycles. The van der Waals surface area contributed by atoms with Crippen LogP contribution in [0.25, 0.3) is 16.9 Å².